The lowest BCUT2D eigenvalue weighted by atomic mass is 9.98. The Morgan fingerprint density at radius 3 is 2.53 bits per heavy atom. The third-order valence-corrected chi connectivity index (χ3v) is 4.60. The second-order valence-electron chi connectivity index (χ2n) is 6.88. The molecule has 0 bridgehead atoms. The maximum atomic E-state index is 14.0. The molecule has 162 valence electrons. The number of halogens is 2. The highest BCUT2D eigenvalue weighted by molar-refractivity contribution is 6.30. The lowest BCUT2D eigenvalue weighted by Gasteiger charge is -2.16. The van der Waals surface area contributed by atoms with Gasteiger partial charge in [-0.25, -0.2) is 9.18 Å². The van der Waals surface area contributed by atoms with Gasteiger partial charge in [-0.2, -0.15) is 0 Å². The standard InChI is InChI=1S/C22H25ClFNO5/c1-2-3-21(27)29-13-30-22(28)20(26)12-17(25)10-14-4-6-15(7-5-14)18-11-16(23)8-9-19(18)24/h4-9,11,17,20,26H,2-3,10,12-13,25H2,1H3. The van der Waals surface area contributed by atoms with E-state index >= 15 is 0 Å². The number of aliphatic hydroxyl groups excluding tert-OH is 1. The zero-order valence-corrected chi connectivity index (χ0v) is 17.4. The molecule has 0 amide bonds. The van der Waals surface area contributed by atoms with Crippen molar-refractivity contribution in [3.8, 4) is 11.1 Å². The van der Waals surface area contributed by atoms with Crippen LogP contribution in [0.3, 0.4) is 0 Å². The van der Waals surface area contributed by atoms with Gasteiger partial charge >= 0.3 is 11.9 Å². The lowest BCUT2D eigenvalue weighted by molar-refractivity contribution is -0.173. The van der Waals surface area contributed by atoms with Crippen LogP contribution in [-0.2, 0) is 25.5 Å². The van der Waals surface area contributed by atoms with E-state index in [1.54, 1.807) is 30.3 Å². The Balaban J connectivity index is 1.84. The molecule has 2 rings (SSSR count). The van der Waals surface area contributed by atoms with E-state index in [-0.39, 0.29) is 18.7 Å². The first-order chi connectivity index (χ1) is 14.3. The Morgan fingerprint density at radius 1 is 1.17 bits per heavy atom. The second-order valence-corrected chi connectivity index (χ2v) is 7.32. The maximum absolute atomic E-state index is 14.0. The van der Waals surface area contributed by atoms with E-state index in [4.69, 9.17) is 26.8 Å². The molecule has 2 atom stereocenters. The zero-order valence-electron chi connectivity index (χ0n) is 16.6. The van der Waals surface area contributed by atoms with Crippen LogP contribution in [-0.4, -0.2) is 36.0 Å². The van der Waals surface area contributed by atoms with E-state index in [1.807, 2.05) is 6.92 Å². The molecule has 2 aromatic rings. The molecule has 2 aromatic carbocycles. The van der Waals surface area contributed by atoms with Crippen molar-refractivity contribution < 1.29 is 28.6 Å². The minimum absolute atomic E-state index is 0.0214. The molecule has 0 saturated carbocycles. The summed E-state index contributed by atoms with van der Waals surface area (Å²) in [5.41, 5.74) is 7.96. The predicted octanol–water partition coefficient (Wildman–Crippen LogP) is 3.61. The number of hydrogen-bond donors (Lipinski definition) is 2. The quantitative estimate of drug-likeness (QED) is 0.435. The van der Waals surface area contributed by atoms with Gasteiger partial charge in [0, 0.05) is 23.0 Å². The van der Waals surface area contributed by atoms with Crippen LogP contribution >= 0.6 is 11.6 Å². The Morgan fingerprint density at radius 2 is 1.87 bits per heavy atom. The van der Waals surface area contributed by atoms with Crippen LogP contribution in [0.5, 0.6) is 0 Å². The number of ether oxygens (including phenoxy) is 2. The summed E-state index contributed by atoms with van der Waals surface area (Å²) < 4.78 is 23.4. The van der Waals surface area contributed by atoms with Crippen LogP contribution in [0.15, 0.2) is 42.5 Å². The number of nitrogens with two attached hydrogens (primary N) is 1. The number of benzene rings is 2. The minimum Gasteiger partial charge on any atom is -0.428 e. The largest absolute Gasteiger partial charge is 0.428 e. The number of rotatable bonds is 10. The summed E-state index contributed by atoms with van der Waals surface area (Å²) >= 11 is 5.93. The van der Waals surface area contributed by atoms with Gasteiger partial charge in [0.2, 0.25) is 6.79 Å². The summed E-state index contributed by atoms with van der Waals surface area (Å²) in [5, 5.41) is 10.4. The molecule has 0 aromatic heterocycles. The van der Waals surface area contributed by atoms with Crippen LogP contribution in [0.25, 0.3) is 11.1 Å². The summed E-state index contributed by atoms with van der Waals surface area (Å²) in [6.07, 6.45) is -0.196. The lowest BCUT2D eigenvalue weighted by Crippen LogP contribution is -2.34. The highest BCUT2D eigenvalue weighted by Crippen LogP contribution is 2.26. The molecule has 0 spiro atoms. The van der Waals surface area contributed by atoms with E-state index < -0.39 is 30.9 Å². The van der Waals surface area contributed by atoms with Crippen molar-refractivity contribution in [1.82, 2.24) is 0 Å². The number of carbonyl (C=O) groups is 2. The normalized spacial score (nSPS) is 12.8. The highest BCUT2D eigenvalue weighted by Gasteiger charge is 2.21. The van der Waals surface area contributed by atoms with Gasteiger partial charge in [-0.15, -0.1) is 0 Å². The van der Waals surface area contributed by atoms with Crippen LogP contribution in [0.2, 0.25) is 5.02 Å². The molecular weight excluding hydrogens is 413 g/mol. The summed E-state index contributed by atoms with van der Waals surface area (Å²) in [7, 11) is 0. The van der Waals surface area contributed by atoms with Crippen LogP contribution < -0.4 is 5.73 Å². The van der Waals surface area contributed by atoms with Crippen LogP contribution in [0, 0.1) is 5.82 Å². The Labute approximate surface area is 179 Å². The Kier molecular flexibility index (Phi) is 9.23. The van der Waals surface area contributed by atoms with Gasteiger partial charge in [0.1, 0.15) is 5.82 Å². The summed E-state index contributed by atoms with van der Waals surface area (Å²) in [6, 6.07) is 11.0. The molecule has 2 unspecified atom stereocenters. The third-order valence-electron chi connectivity index (χ3n) is 4.36. The fraction of sp³-hybridized carbons (Fsp3) is 0.364. The molecular formula is C22H25ClFNO5. The maximum Gasteiger partial charge on any atom is 0.337 e. The highest BCUT2D eigenvalue weighted by atomic mass is 35.5. The van der Waals surface area contributed by atoms with Crippen LogP contribution in [0.4, 0.5) is 4.39 Å². The molecule has 0 heterocycles. The van der Waals surface area contributed by atoms with Crippen molar-refractivity contribution in [2.24, 2.45) is 5.73 Å². The van der Waals surface area contributed by atoms with Gasteiger partial charge < -0.3 is 20.3 Å². The first-order valence-electron chi connectivity index (χ1n) is 9.60. The number of esters is 2. The second kappa shape index (κ2) is 11.6. The molecule has 0 fully saturated rings. The first-order valence-corrected chi connectivity index (χ1v) is 9.98. The van der Waals surface area contributed by atoms with E-state index in [9.17, 15) is 19.1 Å². The number of aliphatic hydroxyl groups is 1. The summed E-state index contributed by atoms with van der Waals surface area (Å²) in [5.74, 6) is -1.75. The Hall–Kier alpha value is -2.48. The van der Waals surface area contributed by atoms with E-state index in [1.165, 1.54) is 12.1 Å². The average molecular weight is 438 g/mol. The topological polar surface area (TPSA) is 98.8 Å². The van der Waals surface area contributed by atoms with E-state index in [2.05, 4.69) is 0 Å². The van der Waals surface area contributed by atoms with E-state index in [0.29, 0.717) is 29.0 Å². The zero-order chi connectivity index (χ0) is 22.1. The van der Waals surface area contributed by atoms with Gasteiger partial charge in [0.15, 0.2) is 6.10 Å². The Bertz CT molecular complexity index is 859. The molecule has 0 aliphatic rings. The molecule has 30 heavy (non-hydrogen) atoms. The average Bonchev–Trinajstić information content (AvgIpc) is 2.70. The van der Waals surface area contributed by atoms with Crippen molar-refractivity contribution in [2.45, 2.75) is 44.8 Å². The molecule has 6 nitrogen and oxygen atoms in total. The van der Waals surface area contributed by atoms with Crippen molar-refractivity contribution in [1.29, 1.82) is 0 Å². The molecule has 0 aliphatic heterocycles. The fourth-order valence-electron chi connectivity index (χ4n) is 2.83. The first kappa shape index (κ1) is 23.8. The predicted molar refractivity (Wildman–Crippen MR) is 111 cm³/mol. The fourth-order valence-corrected chi connectivity index (χ4v) is 3.01. The third kappa shape index (κ3) is 7.40. The summed E-state index contributed by atoms with van der Waals surface area (Å²) in [4.78, 5) is 23.0. The molecule has 0 saturated heterocycles. The van der Waals surface area contributed by atoms with Crippen LogP contribution in [0.1, 0.15) is 31.7 Å². The van der Waals surface area contributed by atoms with Crippen molar-refractivity contribution in [3.63, 3.8) is 0 Å². The molecule has 8 heteroatoms. The monoisotopic (exact) mass is 437 g/mol. The van der Waals surface area contributed by atoms with Crippen molar-refractivity contribution in [3.05, 3.63) is 58.9 Å². The van der Waals surface area contributed by atoms with Crippen molar-refractivity contribution in [2.75, 3.05) is 6.79 Å². The summed E-state index contributed by atoms with van der Waals surface area (Å²) in [6.45, 7) is 1.28. The molecule has 3 N–H and O–H groups in total. The molecule has 0 aliphatic carbocycles. The van der Waals surface area contributed by atoms with Crippen molar-refractivity contribution >= 4 is 23.5 Å². The minimum atomic E-state index is -1.43. The SMILES string of the molecule is CCCC(=O)OCOC(=O)C(O)CC(N)Cc1ccc(-c2cc(Cl)ccc2F)cc1. The number of carbonyl (C=O) groups excluding carboxylic acids is 2. The number of hydrogen-bond acceptors (Lipinski definition) is 6. The smallest absolute Gasteiger partial charge is 0.337 e. The van der Waals surface area contributed by atoms with E-state index in [0.717, 1.165) is 5.56 Å². The molecule has 0 radical (unpaired) electrons. The van der Waals surface area contributed by atoms with Gasteiger partial charge in [-0.3, -0.25) is 4.79 Å². The van der Waals surface area contributed by atoms with Gasteiger partial charge in [-0.05, 0) is 48.6 Å². The van der Waals surface area contributed by atoms with Gasteiger partial charge in [0.25, 0.3) is 0 Å². The van der Waals surface area contributed by atoms with Gasteiger partial charge in [0.05, 0.1) is 0 Å². The van der Waals surface area contributed by atoms with Gasteiger partial charge in [-0.1, -0.05) is 42.8 Å².